The molecule has 9 heteroatoms. The lowest BCUT2D eigenvalue weighted by atomic mass is 9.98. The smallest absolute Gasteiger partial charge is 0.257 e. The first-order valence-electron chi connectivity index (χ1n) is 11.4. The van der Waals surface area contributed by atoms with Gasteiger partial charge < -0.3 is 26.4 Å². The second-order valence-electron chi connectivity index (χ2n) is 8.53. The maximum Gasteiger partial charge on any atom is 0.257 e. The zero-order valence-electron chi connectivity index (χ0n) is 20.0. The van der Waals surface area contributed by atoms with Gasteiger partial charge in [0.1, 0.15) is 0 Å². The Morgan fingerprint density at radius 2 is 1.89 bits per heavy atom. The van der Waals surface area contributed by atoms with Gasteiger partial charge in [0, 0.05) is 53.2 Å². The second-order valence-corrected chi connectivity index (χ2v) is 8.53. The first kappa shape index (κ1) is 24.1. The number of morpholine rings is 1. The monoisotopic (exact) mass is 473 g/mol. The van der Waals surface area contributed by atoms with Crippen LogP contribution < -0.4 is 27.5 Å². The molecule has 0 radical (unpaired) electrons. The van der Waals surface area contributed by atoms with E-state index in [-0.39, 0.29) is 11.6 Å². The van der Waals surface area contributed by atoms with Crippen LogP contribution in [0.3, 0.4) is 0 Å². The number of rotatable bonds is 5. The number of nitrogen functional groups attached to an aromatic ring is 1. The van der Waals surface area contributed by atoms with Crippen LogP contribution in [0.5, 0.6) is 0 Å². The number of hydrogen-bond acceptors (Lipinski definition) is 8. The molecule has 4 rings (SSSR count). The van der Waals surface area contributed by atoms with E-state index in [1.165, 1.54) is 11.2 Å². The molecule has 2 aromatic carbocycles. The molecule has 1 amide bonds. The molecule has 182 valence electrons. The molecule has 2 aliphatic heterocycles. The molecule has 0 saturated carbocycles. The van der Waals surface area contributed by atoms with Crippen molar-refractivity contribution in [1.82, 2.24) is 5.01 Å². The third-order valence-corrected chi connectivity index (χ3v) is 6.25. The number of nitrogens with two attached hydrogens (primary N) is 3. The molecule has 0 aliphatic carbocycles. The summed E-state index contributed by atoms with van der Waals surface area (Å²) in [6.07, 6.45) is 3.15. The topological polar surface area (TPSA) is 147 Å². The van der Waals surface area contributed by atoms with Crippen molar-refractivity contribution in [2.24, 2.45) is 11.6 Å². The van der Waals surface area contributed by atoms with E-state index in [9.17, 15) is 4.79 Å². The van der Waals surface area contributed by atoms with Crippen molar-refractivity contribution in [2.45, 2.75) is 13.8 Å². The highest BCUT2D eigenvalue weighted by Gasteiger charge is 2.24. The average Bonchev–Trinajstić information content (AvgIpc) is 2.87. The van der Waals surface area contributed by atoms with Crippen molar-refractivity contribution < 1.29 is 9.53 Å². The van der Waals surface area contributed by atoms with Crippen LogP contribution in [-0.2, 0) is 9.53 Å². The summed E-state index contributed by atoms with van der Waals surface area (Å²) in [5, 5.41) is 13.1. The summed E-state index contributed by atoms with van der Waals surface area (Å²) in [6, 6.07) is 13.0. The van der Waals surface area contributed by atoms with Crippen molar-refractivity contribution in [3.8, 4) is 0 Å². The van der Waals surface area contributed by atoms with E-state index >= 15 is 0 Å². The number of benzene rings is 2. The Labute approximate surface area is 205 Å². The van der Waals surface area contributed by atoms with Gasteiger partial charge in [-0.15, -0.1) is 0 Å². The molecule has 2 aliphatic rings. The van der Waals surface area contributed by atoms with Crippen LogP contribution in [0.2, 0.25) is 0 Å². The normalized spacial score (nSPS) is 17.5. The first-order chi connectivity index (χ1) is 16.8. The number of carbonyl (C=O) groups excluding carboxylic acids is 1. The van der Waals surface area contributed by atoms with Crippen LogP contribution >= 0.6 is 0 Å². The Balaban J connectivity index is 1.58. The fourth-order valence-corrected chi connectivity index (χ4v) is 4.31. The Morgan fingerprint density at radius 1 is 1.14 bits per heavy atom. The molecule has 0 atom stereocenters. The zero-order valence-corrected chi connectivity index (χ0v) is 20.0. The Kier molecular flexibility index (Phi) is 6.90. The van der Waals surface area contributed by atoms with E-state index in [0.717, 1.165) is 29.9 Å². The van der Waals surface area contributed by atoms with E-state index in [2.05, 4.69) is 10.2 Å². The molecule has 0 bridgehead atoms. The van der Waals surface area contributed by atoms with Gasteiger partial charge in [-0.25, -0.2) is 5.84 Å². The SMILES string of the molecule is CC1=C/C(=C/N)N(N)C(C)=C1C(=O)Nc1ccc(N)c(C(=N)c2cccc(N3CCOCC3)c2)c1. The summed E-state index contributed by atoms with van der Waals surface area (Å²) in [5.41, 5.74) is 17.9. The van der Waals surface area contributed by atoms with Gasteiger partial charge in [-0.1, -0.05) is 12.1 Å². The van der Waals surface area contributed by atoms with E-state index in [4.69, 9.17) is 27.5 Å². The lowest BCUT2D eigenvalue weighted by molar-refractivity contribution is -0.112. The van der Waals surface area contributed by atoms with Crippen LogP contribution in [0.4, 0.5) is 17.1 Å². The van der Waals surface area contributed by atoms with Crippen molar-refractivity contribution in [2.75, 3.05) is 42.3 Å². The van der Waals surface area contributed by atoms with Crippen LogP contribution in [-0.4, -0.2) is 42.9 Å². The van der Waals surface area contributed by atoms with Gasteiger partial charge in [0.2, 0.25) is 0 Å². The Morgan fingerprint density at radius 3 is 2.60 bits per heavy atom. The summed E-state index contributed by atoms with van der Waals surface area (Å²) in [4.78, 5) is 15.4. The number of carbonyl (C=O) groups is 1. The Hall–Kier alpha value is -4.08. The highest BCUT2D eigenvalue weighted by molar-refractivity contribution is 6.15. The summed E-state index contributed by atoms with van der Waals surface area (Å²) < 4.78 is 5.44. The Bertz CT molecular complexity index is 1260. The quantitative estimate of drug-likeness (QED) is 0.255. The van der Waals surface area contributed by atoms with E-state index in [0.29, 0.717) is 47.1 Å². The molecular weight excluding hydrogens is 442 g/mol. The molecule has 0 aromatic heterocycles. The number of nitrogens with zero attached hydrogens (tertiary/aromatic N) is 2. The minimum atomic E-state index is -0.306. The number of hydrazine groups is 1. The number of amides is 1. The predicted molar refractivity (Wildman–Crippen MR) is 140 cm³/mol. The van der Waals surface area contributed by atoms with E-state index in [1.54, 1.807) is 31.2 Å². The van der Waals surface area contributed by atoms with Gasteiger partial charge in [0.25, 0.3) is 5.91 Å². The molecule has 2 aromatic rings. The van der Waals surface area contributed by atoms with Crippen molar-refractivity contribution in [3.63, 3.8) is 0 Å². The lowest BCUT2D eigenvalue weighted by Crippen LogP contribution is -2.36. The van der Waals surface area contributed by atoms with Crippen LogP contribution in [0.15, 0.2) is 77.3 Å². The van der Waals surface area contributed by atoms with Crippen molar-refractivity contribution in [3.05, 3.63) is 88.4 Å². The third-order valence-electron chi connectivity index (χ3n) is 6.25. The van der Waals surface area contributed by atoms with Gasteiger partial charge in [-0.3, -0.25) is 15.2 Å². The van der Waals surface area contributed by atoms with E-state index < -0.39 is 0 Å². The van der Waals surface area contributed by atoms with Crippen LogP contribution in [0.25, 0.3) is 0 Å². The minimum Gasteiger partial charge on any atom is -0.403 e. The van der Waals surface area contributed by atoms with Gasteiger partial charge >= 0.3 is 0 Å². The molecule has 9 nitrogen and oxygen atoms in total. The van der Waals surface area contributed by atoms with Crippen molar-refractivity contribution in [1.29, 1.82) is 5.41 Å². The fourth-order valence-electron chi connectivity index (χ4n) is 4.31. The fraction of sp³-hybridized carbons (Fsp3) is 0.231. The summed E-state index contributed by atoms with van der Waals surface area (Å²) in [6.45, 7) is 6.60. The van der Waals surface area contributed by atoms with Gasteiger partial charge in [0.05, 0.1) is 30.2 Å². The number of anilines is 3. The molecule has 8 N–H and O–H groups in total. The number of hydrogen-bond donors (Lipinski definition) is 5. The average molecular weight is 474 g/mol. The molecule has 0 spiro atoms. The molecule has 1 saturated heterocycles. The molecular formula is C26H31N7O2. The highest BCUT2D eigenvalue weighted by Crippen LogP contribution is 2.28. The molecule has 1 fully saturated rings. The predicted octanol–water partition coefficient (Wildman–Crippen LogP) is 2.67. The maximum atomic E-state index is 13.1. The van der Waals surface area contributed by atoms with Crippen molar-refractivity contribution >= 4 is 28.7 Å². The first-order valence-corrected chi connectivity index (χ1v) is 11.4. The van der Waals surface area contributed by atoms with E-state index in [1.807, 2.05) is 31.2 Å². The summed E-state index contributed by atoms with van der Waals surface area (Å²) in [7, 11) is 0. The van der Waals surface area contributed by atoms with Gasteiger partial charge in [-0.2, -0.15) is 0 Å². The largest absolute Gasteiger partial charge is 0.403 e. The molecule has 2 heterocycles. The van der Waals surface area contributed by atoms with Crippen LogP contribution in [0, 0.1) is 5.41 Å². The van der Waals surface area contributed by atoms with Crippen LogP contribution in [0.1, 0.15) is 25.0 Å². The zero-order chi connectivity index (χ0) is 25.1. The molecule has 35 heavy (non-hydrogen) atoms. The maximum absolute atomic E-state index is 13.1. The lowest BCUT2D eigenvalue weighted by Gasteiger charge is -2.29. The summed E-state index contributed by atoms with van der Waals surface area (Å²) >= 11 is 0. The number of nitrogens with one attached hydrogen (secondary N) is 2. The minimum absolute atomic E-state index is 0.281. The third kappa shape index (κ3) is 4.91. The number of ether oxygens (including phenoxy) is 1. The standard InChI is InChI=1S/C26H31N7O2/c1-16-12-21(15-27)33(30)17(2)24(16)26(34)31-19-6-7-23(28)22(14-19)25(29)18-4-3-5-20(13-18)32-8-10-35-11-9-32/h3-7,12-15,29H,8-11,27-28,30H2,1-2H3,(H,31,34)/b21-15-,29-25?. The highest BCUT2D eigenvalue weighted by atomic mass is 16.5. The number of allylic oxidation sites excluding steroid dienone is 2. The molecule has 0 unspecified atom stereocenters. The van der Waals surface area contributed by atoms with Gasteiger partial charge in [-0.05, 0) is 55.8 Å². The van der Waals surface area contributed by atoms with Gasteiger partial charge in [0.15, 0.2) is 0 Å². The summed E-state index contributed by atoms with van der Waals surface area (Å²) in [5.74, 6) is 5.77. The second kappa shape index (κ2) is 10.0.